The number of carbonyl (C=O) groups excluding carboxylic acids is 1. The third-order valence-corrected chi connectivity index (χ3v) is 6.64. The van der Waals surface area contributed by atoms with Gasteiger partial charge in [0, 0.05) is 11.9 Å². The fourth-order valence-electron chi connectivity index (χ4n) is 2.66. The predicted octanol–water partition coefficient (Wildman–Crippen LogP) is 3.40. The minimum Gasteiger partial charge on any atom is -0.311 e. The van der Waals surface area contributed by atoms with Crippen molar-refractivity contribution in [3.8, 4) is 0 Å². The van der Waals surface area contributed by atoms with Crippen molar-refractivity contribution in [3.63, 3.8) is 0 Å². The van der Waals surface area contributed by atoms with Crippen LogP contribution >= 0.6 is 0 Å². The Morgan fingerprint density at radius 3 is 2.26 bits per heavy atom. The number of fused-ring (bicyclic) bond motifs is 1. The van der Waals surface area contributed by atoms with E-state index in [1.165, 1.54) is 6.92 Å². The van der Waals surface area contributed by atoms with E-state index in [4.69, 9.17) is 0 Å². The number of benzene rings is 2. The van der Waals surface area contributed by atoms with E-state index in [0.29, 0.717) is 6.54 Å². The number of anilines is 1. The molecule has 0 aliphatic carbocycles. The van der Waals surface area contributed by atoms with Gasteiger partial charge < -0.3 is 4.90 Å². The third-order valence-electron chi connectivity index (χ3n) is 4.14. The SMILES string of the molecule is CCN(C(=O)[C@H](C)S(=O)(=O)C(C)C)c1cccc2ccccc12. The van der Waals surface area contributed by atoms with E-state index in [-0.39, 0.29) is 5.91 Å². The number of rotatable bonds is 5. The molecule has 0 saturated heterocycles. The van der Waals surface area contributed by atoms with Gasteiger partial charge >= 0.3 is 0 Å². The first kappa shape index (κ1) is 17.5. The van der Waals surface area contributed by atoms with Gasteiger partial charge in [0.15, 0.2) is 9.84 Å². The standard InChI is InChI=1S/C18H23NO3S/c1-5-19(18(20)14(4)23(21,22)13(2)3)17-12-8-10-15-9-6-7-11-16(15)17/h6-14H,5H2,1-4H3/t14-/m0/s1. The van der Waals surface area contributed by atoms with Crippen molar-refractivity contribution in [2.24, 2.45) is 0 Å². The van der Waals surface area contributed by atoms with Crippen LogP contribution in [0.2, 0.25) is 0 Å². The van der Waals surface area contributed by atoms with Gasteiger partial charge in [0.1, 0.15) is 5.25 Å². The van der Waals surface area contributed by atoms with Crippen molar-refractivity contribution in [2.75, 3.05) is 11.4 Å². The number of nitrogens with zero attached hydrogens (tertiary/aromatic N) is 1. The zero-order valence-electron chi connectivity index (χ0n) is 14.0. The Bertz CT molecular complexity index is 807. The van der Waals surface area contributed by atoms with Crippen LogP contribution in [0.4, 0.5) is 5.69 Å². The summed E-state index contributed by atoms with van der Waals surface area (Å²) in [4.78, 5) is 14.4. The van der Waals surface area contributed by atoms with E-state index < -0.39 is 20.3 Å². The molecule has 5 heteroatoms. The molecule has 0 bridgehead atoms. The Morgan fingerprint density at radius 1 is 1.04 bits per heavy atom. The Labute approximate surface area is 138 Å². The lowest BCUT2D eigenvalue weighted by molar-refractivity contribution is -0.117. The fourth-order valence-corrected chi connectivity index (χ4v) is 3.88. The summed E-state index contributed by atoms with van der Waals surface area (Å²) < 4.78 is 24.7. The van der Waals surface area contributed by atoms with Crippen LogP contribution < -0.4 is 4.90 Å². The molecule has 4 nitrogen and oxygen atoms in total. The maximum atomic E-state index is 12.8. The molecule has 0 radical (unpaired) electrons. The van der Waals surface area contributed by atoms with Crippen LogP contribution in [0.25, 0.3) is 10.8 Å². The largest absolute Gasteiger partial charge is 0.311 e. The molecule has 0 heterocycles. The summed E-state index contributed by atoms with van der Waals surface area (Å²) in [5, 5.41) is 0.337. The van der Waals surface area contributed by atoms with Gasteiger partial charge in [-0.15, -0.1) is 0 Å². The maximum absolute atomic E-state index is 12.8. The van der Waals surface area contributed by atoms with Gasteiger partial charge in [-0.25, -0.2) is 8.42 Å². The van der Waals surface area contributed by atoms with Crippen LogP contribution in [-0.4, -0.2) is 31.4 Å². The van der Waals surface area contributed by atoms with Gasteiger partial charge in [0.2, 0.25) is 5.91 Å². The number of carbonyl (C=O) groups is 1. The maximum Gasteiger partial charge on any atom is 0.245 e. The van der Waals surface area contributed by atoms with Crippen LogP contribution in [0.15, 0.2) is 42.5 Å². The topological polar surface area (TPSA) is 54.5 Å². The fraction of sp³-hybridized carbons (Fsp3) is 0.389. The van der Waals surface area contributed by atoms with Gasteiger partial charge in [-0.1, -0.05) is 36.4 Å². The molecule has 1 amide bonds. The molecule has 124 valence electrons. The number of hydrogen-bond donors (Lipinski definition) is 0. The molecule has 0 aliphatic heterocycles. The lowest BCUT2D eigenvalue weighted by Gasteiger charge is -2.26. The highest BCUT2D eigenvalue weighted by atomic mass is 32.2. The smallest absolute Gasteiger partial charge is 0.245 e. The van der Waals surface area contributed by atoms with Crippen molar-refractivity contribution in [1.82, 2.24) is 0 Å². The quantitative estimate of drug-likeness (QED) is 0.842. The van der Waals surface area contributed by atoms with Crippen LogP contribution in [0, 0.1) is 0 Å². The van der Waals surface area contributed by atoms with Gasteiger partial charge in [-0.3, -0.25) is 4.79 Å². The number of amides is 1. The number of sulfone groups is 1. The van der Waals surface area contributed by atoms with E-state index in [9.17, 15) is 13.2 Å². The predicted molar refractivity (Wildman–Crippen MR) is 95.5 cm³/mol. The molecule has 0 spiro atoms. The minimum absolute atomic E-state index is 0.377. The van der Waals surface area contributed by atoms with Crippen molar-refractivity contribution >= 4 is 32.2 Å². The summed E-state index contributed by atoms with van der Waals surface area (Å²) in [7, 11) is -3.48. The van der Waals surface area contributed by atoms with Gasteiger partial charge in [-0.05, 0) is 39.1 Å². The molecule has 2 rings (SSSR count). The second-order valence-corrected chi connectivity index (χ2v) is 8.69. The molecule has 2 aromatic rings. The summed E-state index contributed by atoms with van der Waals surface area (Å²) in [6, 6.07) is 13.5. The van der Waals surface area contributed by atoms with Gasteiger partial charge in [0.05, 0.1) is 10.9 Å². The zero-order valence-corrected chi connectivity index (χ0v) is 14.8. The summed E-state index contributed by atoms with van der Waals surface area (Å²) in [5.74, 6) is -0.377. The summed E-state index contributed by atoms with van der Waals surface area (Å²) >= 11 is 0. The average Bonchev–Trinajstić information content (AvgIpc) is 2.54. The molecular formula is C18H23NO3S. The normalized spacial score (nSPS) is 13.3. The van der Waals surface area contributed by atoms with Gasteiger partial charge in [0.25, 0.3) is 0 Å². The van der Waals surface area contributed by atoms with Crippen molar-refractivity contribution < 1.29 is 13.2 Å². The molecule has 23 heavy (non-hydrogen) atoms. The van der Waals surface area contributed by atoms with E-state index in [1.54, 1.807) is 18.7 Å². The molecule has 1 atom stereocenters. The molecule has 0 fully saturated rings. The highest BCUT2D eigenvalue weighted by molar-refractivity contribution is 7.93. The van der Waals surface area contributed by atoms with Gasteiger partial charge in [-0.2, -0.15) is 0 Å². The Kier molecular flexibility index (Phi) is 5.09. The molecule has 0 unspecified atom stereocenters. The summed E-state index contributed by atoms with van der Waals surface area (Å²) in [6.45, 7) is 6.96. The van der Waals surface area contributed by atoms with Crippen LogP contribution in [0.5, 0.6) is 0 Å². The number of hydrogen-bond acceptors (Lipinski definition) is 3. The molecule has 0 N–H and O–H groups in total. The molecule has 2 aromatic carbocycles. The highest BCUT2D eigenvalue weighted by Gasteiger charge is 2.34. The third kappa shape index (κ3) is 3.24. The van der Waals surface area contributed by atoms with Crippen molar-refractivity contribution in [3.05, 3.63) is 42.5 Å². The van der Waals surface area contributed by atoms with Crippen LogP contribution in [0.3, 0.4) is 0 Å². The Hall–Kier alpha value is -1.88. The average molecular weight is 333 g/mol. The van der Waals surface area contributed by atoms with Crippen molar-refractivity contribution in [1.29, 1.82) is 0 Å². The summed E-state index contributed by atoms with van der Waals surface area (Å²) in [6.07, 6.45) is 0. The lowest BCUT2D eigenvalue weighted by Crippen LogP contribution is -2.43. The van der Waals surface area contributed by atoms with Crippen LogP contribution in [-0.2, 0) is 14.6 Å². The molecule has 0 saturated carbocycles. The first-order valence-corrected chi connectivity index (χ1v) is 9.43. The summed E-state index contributed by atoms with van der Waals surface area (Å²) in [5.41, 5.74) is 0.751. The molecule has 0 aliphatic rings. The molecule has 0 aromatic heterocycles. The Balaban J connectivity index is 2.49. The van der Waals surface area contributed by atoms with Crippen LogP contribution in [0.1, 0.15) is 27.7 Å². The molecular weight excluding hydrogens is 310 g/mol. The lowest BCUT2D eigenvalue weighted by atomic mass is 10.1. The second kappa shape index (κ2) is 6.71. The zero-order chi connectivity index (χ0) is 17.2. The Morgan fingerprint density at radius 2 is 1.65 bits per heavy atom. The van der Waals surface area contributed by atoms with E-state index in [1.807, 2.05) is 49.4 Å². The van der Waals surface area contributed by atoms with E-state index in [0.717, 1.165) is 16.5 Å². The van der Waals surface area contributed by atoms with E-state index >= 15 is 0 Å². The first-order valence-electron chi connectivity index (χ1n) is 7.82. The monoisotopic (exact) mass is 333 g/mol. The minimum atomic E-state index is -3.48. The van der Waals surface area contributed by atoms with Crippen molar-refractivity contribution in [2.45, 2.75) is 38.2 Å². The highest BCUT2D eigenvalue weighted by Crippen LogP contribution is 2.28. The second-order valence-electron chi connectivity index (χ2n) is 5.86. The first-order chi connectivity index (χ1) is 10.8. The van der Waals surface area contributed by atoms with E-state index in [2.05, 4.69) is 0 Å².